The molecule has 0 aliphatic rings. The van der Waals surface area contributed by atoms with Crippen LogP contribution in [0.1, 0.15) is 6.92 Å². The zero-order valence-corrected chi connectivity index (χ0v) is 17.1. The second-order valence-corrected chi connectivity index (χ2v) is 7.95. The molecule has 1 heterocycles. The van der Waals surface area contributed by atoms with Crippen LogP contribution in [0, 0.1) is 0 Å². The van der Waals surface area contributed by atoms with E-state index in [9.17, 15) is 4.79 Å². The number of ether oxygens (including phenoxy) is 2. The number of rotatable bonds is 9. The molecule has 1 aromatic heterocycles. The van der Waals surface area contributed by atoms with Gasteiger partial charge >= 0.3 is 0 Å². The van der Waals surface area contributed by atoms with E-state index >= 15 is 0 Å². The van der Waals surface area contributed by atoms with E-state index in [2.05, 4.69) is 20.8 Å². The van der Waals surface area contributed by atoms with Gasteiger partial charge in [-0.2, -0.15) is 0 Å². The fourth-order valence-electron chi connectivity index (χ4n) is 2.28. The lowest BCUT2D eigenvalue weighted by Gasteiger charge is -2.06. The molecule has 0 atom stereocenters. The number of aromatic nitrogens is 2. The maximum absolute atomic E-state index is 11.2. The molecule has 9 heteroatoms. The van der Waals surface area contributed by atoms with E-state index in [4.69, 9.17) is 9.47 Å². The number of carbonyl (C=O) groups excluding carboxylic acids is 1. The molecule has 0 spiro atoms. The Kier molecular flexibility index (Phi) is 7.10. The Morgan fingerprint density at radius 2 is 1.86 bits per heavy atom. The number of carbonyl (C=O) groups is 1. The molecule has 1 amide bonds. The van der Waals surface area contributed by atoms with Crippen molar-refractivity contribution in [3.8, 4) is 11.5 Å². The van der Waals surface area contributed by atoms with Crippen LogP contribution in [0.4, 0.5) is 16.5 Å². The molecule has 146 valence electrons. The Balaban J connectivity index is 1.45. The first kappa shape index (κ1) is 20.0. The molecule has 28 heavy (non-hydrogen) atoms. The molecule has 2 N–H and O–H groups in total. The van der Waals surface area contributed by atoms with Gasteiger partial charge in [-0.05, 0) is 42.5 Å². The lowest BCUT2D eigenvalue weighted by atomic mass is 10.3. The predicted molar refractivity (Wildman–Crippen MR) is 113 cm³/mol. The van der Waals surface area contributed by atoms with Crippen LogP contribution in [0.25, 0.3) is 0 Å². The number of nitrogens with zero attached hydrogens (tertiary/aromatic N) is 2. The van der Waals surface area contributed by atoms with Crippen LogP contribution in [-0.4, -0.2) is 35.6 Å². The minimum atomic E-state index is -0.108. The average Bonchev–Trinajstić information content (AvgIpc) is 3.13. The second-order valence-electron chi connectivity index (χ2n) is 5.63. The molecule has 0 saturated heterocycles. The third-order valence-electron chi connectivity index (χ3n) is 3.48. The minimum Gasteiger partial charge on any atom is -0.497 e. The molecule has 3 aromatic rings. The molecule has 0 fully saturated rings. The van der Waals surface area contributed by atoms with Gasteiger partial charge in [-0.3, -0.25) is 4.79 Å². The first-order valence-electron chi connectivity index (χ1n) is 8.50. The van der Waals surface area contributed by atoms with Crippen LogP contribution in [0.2, 0.25) is 0 Å². The number of nitrogens with one attached hydrogen (secondary N) is 2. The third-order valence-corrected chi connectivity index (χ3v) is 5.41. The third kappa shape index (κ3) is 6.14. The summed E-state index contributed by atoms with van der Waals surface area (Å²) in [6.45, 7) is 2.05. The van der Waals surface area contributed by atoms with Crippen molar-refractivity contribution in [3.63, 3.8) is 0 Å². The summed E-state index contributed by atoms with van der Waals surface area (Å²) in [5.74, 6) is 2.26. The largest absolute Gasteiger partial charge is 0.497 e. The van der Waals surface area contributed by atoms with Gasteiger partial charge in [0, 0.05) is 24.1 Å². The number of thioether (sulfide) groups is 1. The summed E-state index contributed by atoms with van der Waals surface area (Å²) in [5, 5.41) is 15.0. The maximum Gasteiger partial charge on any atom is 0.221 e. The predicted octanol–water partition coefficient (Wildman–Crippen LogP) is 4.42. The number of hydrogen-bond donors (Lipinski definition) is 2. The Morgan fingerprint density at radius 1 is 1.11 bits per heavy atom. The van der Waals surface area contributed by atoms with Crippen LogP contribution in [0.5, 0.6) is 11.5 Å². The summed E-state index contributed by atoms with van der Waals surface area (Å²) >= 11 is 3.06. The standard InChI is InChI=1S/C19H20N4O3S2/c1-13(24)20-14-4-3-5-15(12-14)21-18-22-23-19(28-18)27-11-10-26-17-8-6-16(25-2)7-9-17/h3-9,12H,10-11H2,1-2H3,(H,20,24)(H,21,22). The molecule has 0 aliphatic carbocycles. The molecule has 0 unspecified atom stereocenters. The number of hydrogen-bond acceptors (Lipinski definition) is 8. The Labute approximate surface area is 171 Å². The summed E-state index contributed by atoms with van der Waals surface area (Å²) in [4.78, 5) is 11.2. The molecule has 0 bridgehead atoms. The van der Waals surface area contributed by atoms with E-state index in [0.29, 0.717) is 11.7 Å². The van der Waals surface area contributed by atoms with E-state index < -0.39 is 0 Å². The number of benzene rings is 2. The zero-order chi connectivity index (χ0) is 19.8. The van der Waals surface area contributed by atoms with Crippen molar-refractivity contribution in [2.45, 2.75) is 11.3 Å². The maximum atomic E-state index is 11.2. The Hall–Kier alpha value is -2.78. The summed E-state index contributed by atoms with van der Waals surface area (Å²) in [6, 6.07) is 14.9. The highest BCUT2D eigenvalue weighted by atomic mass is 32.2. The monoisotopic (exact) mass is 416 g/mol. The van der Waals surface area contributed by atoms with Gasteiger partial charge < -0.3 is 20.1 Å². The lowest BCUT2D eigenvalue weighted by Crippen LogP contribution is -2.05. The molecule has 7 nitrogen and oxygen atoms in total. The van der Waals surface area contributed by atoms with Gasteiger partial charge in [-0.15, -0.1) is 10.2 Å². The molecule has 0 saturated carbocycles. The van der Waals surface area contributed by atoms with Crippen molar-refractivity contribution in [1.82, 2.24) is 10.2 Å². The van der Waals surface area contributed by atoms with Crippen LogP contribution in [0.15, 0.2) is 52.9 Å². The van der Waals surface area contributed by atoms with Crippen LogP contribution in [0.3, 0.4) is 0 Å². The van der Waals surface area contributed by atoms with Gasteiger partial charge in [0.2, 0.25) is 11.0 Å². The number of amides is 1. The highest BCUT2D eigenvalue weighted by Crippen LogP contribution is 2.28. The topological polar surface area (TPSA) is 85.4 Å². The summed E-state index contributed by atoms with van der Waals surface area (Å²) in [6.07, 6.45) is 0. The number of anilines is 3. The van der Waals surface area contributed by atoms with Crippen molar-refractivity contribution < 1.29 is 14.3 Å². The molecule has 0 radical (unpaired) electrons. The van der Waals surface area contributed by atoms with E-state index in [0.717, 1.165) is 33.0 Å². The second kappa shape index (κ2) is 9.95. The fraction of sp³-hybridized carbons (Fsp3) is 0.211. The van der Waals surface area contributed by atoms with E-state index in [1.54, 1.807) is 18.9 Å². The van der Waals surface area contributed by atoms with Crippen LogP contribution >= 0.6 is 23.1 Å². The van der Waals surface area contributed by atoms with Crippen molar-refractivity contribution >= 4 is 45.5 Å². The smallest absolute Gasteiger partial charge is 0.221 e. The van der Waals surface area contributed by atoms with Gasteiger partial charge in [0.05, 0.1) is 13.7 Å². The highest BCUT2D eigenvalue weighted by Gasteiger charge is 2.06. The zero-order valence-electron chi connectivity index (χ0n) is 15.5. The van der Waals surface area contributed by atoms with Gasteiger partial charge in [0.25, 0.3) is 0 Å². The van der Waals surface area contributed by atoms with E-state index in [-0.39, 0.29) is 5.91 Å². The summed E-state index contributed by atoms with van der Waals surface area (Å²) < 4.78 is 11.7. The molecule has 2 aromatic carbocycles. The first-order valence-corrected chi connectivity index (χ1v) is 10.3. The molecular weight excluding hydrogens is 396 g/mol. The summed E-state index contributed by atoms with van der Waals surface area (Å²) in [5.41, 5.74) is 1.56. The van der Waals surface area contributed by atoms with Crippen molar-refractivity contribution in [2.75, 3.05) is 30.1 Å². The normalized spacial score (nSPS) is 10.4. The summed E-state index contributed by atoms with van der Waals surface area (Å²) in [7, 11) is 1.64. The van der Waals surface area contributed by atoms with Crippen LogP contribution in [-0.2, 0) is 4.79 Å². The number of methoxy groups -OCH3 is 1. The Bertz CT molecular complexity index is 916. The van der Waals surface area contributed by atoms with Gasteiger partial charge in [0.1, 0.15) is 11.5 Å². The van der Waals surface area contributed by atoms with E-state index in [1.807, 2.05) is 48.5 Å². The van der Waals surface area contributed by atoms with Gasteiger partial charge in [-0.25, -0.2) is 0 Å². The average molecular weight is 417 g/mol. The lowest BCUT2D eigenvalue weighted by molar-refractivity contribution is -0.114. The molecule has 3 rings (SSSR count). The van der Waals surface area contributed by atoms with Crippen molar-refractivity contribution in [2.24, 2.45) is 0 Å². The minimum absolute atomic E-state index is 0.108. The Morgan fingerprint density at radius 3 is 2.61 bits per heavy atom. The SMILES string of the molecule is COc1ccc(OCCSc2nnc(Nc3cccc(NC(C)=O)c3)s2)cc1. The van der Waals surface area contributed by atoms with Crippen molar-refractivity contribution in [1.29, 1.82) is 0 Å². The molecular formula is C19H20N4O3S2. The van der Waals surface area contributed by atoms with E-state index in [1.165, 1.54) is 18.3 Å². The van der Waals surface area contributed by atoms with Crippen molar-refractivity contribution in [3.05, 3.63) is 48.5 Å². The van der Waals surface area contributed by atoms with Crippen LogP contribution < -0.4 is 20.1 Å². The quantitative estimate of drug-likeness (QED) is 0.394. The van der Waals surface area contributed by atoms with Gasteiger partial charge in [0.15, 0.2) is 4.34 Å². The fourth-order valence-corrected chi connectivity index (χ4v) is 3.94. The first-order chi connectivity index (χ1) is 13.6. The van der Waals surface area contributed by atoms with Gasteiger partial charge in [-0.1, -0.05) is 29.2 Å². The molecule has 0 aliphatic heterocycles. The highest BCUT2D eigenvalue weighted by molar-refractivity contribution is 8.01.